The minimum absolute atomic E-state index is 0.0216. The second-order valence-electron chi connectivity index (χ2n) is 15.4. The first-order valence-electron chi connectivity index (χ1n) is 20.9. The number of phosphoric ester groups is 1. The van der Waals surface area contributed by atoms with Crippen LogP contribution in [0.1, 0.15) is 58.6 Å². The highest BCUT2D eigenvalue weighted by atomic mass is 32.1. The lowest BCUT2D eigenvalue weighted by Gasteiger charge is -2.29. The Kier molecular flexibility index (Phi) is 25.0. The third-order valence-corrected chi connectivity index (χ3v) is 10.8. The van der Waals surface area contributed by atoms with Crippen LogP contribution in [0.25, 0.3) is 0 Å². The fourth-order valence-electron chi connectivity index (χ4n) is 6.48. The van der Waals surface area contributed by atoms with Gasteiger partial charge in [-0.1, -0.05) is 13.8 Å². The molecule has 1 saturated heterocycles. The lowest BCUT2D eigenvalue weighted by atomic mass is 10.0. The molecular weight excluding hydrogens is 886 g/mol. The van der Waals surface area contributed by atoms with Crippen LogP contribution in [0.15, 0.2) is 12.5 Å². The Morgan fingerprint density at radius 1 is 0.938 bits per heavy atom. The summed E-state index contributed by atoms with van der Waals surface area (Å²) in [6.45, 7) is 5.67. The normalized spacial score (nSPS) is 16.8. The average molecular weight is 952 g/mol. The Hall–Kier alpha value is -4.24. The highest BCUT2D eigenvalue weighted by Crippen LogP contribution is 2.38. The number of ether oxygens (including phenoxy) is 2. The number of aliphatic hydroxyl groups is 1. The number of likely N-dealkylation sites (tertiary alicyclic amines) is 1. The standard InChI is InChI=1S/C37H66N11O14PS/c1-22(2)16-26(44-37(56)29-6-4-11-48(29)30(50)7-12-60-14-15-61-13-9-42-33(52)25(39)20-64)34(53)43-27(17-24-18-41-21-47(24)10-5-8-38)35(54)45-28(19-49)36(55)46-31(32(40)51)23(3)62-63(57,58)59/h18,21-23,25-29,31,49,64H,4-17,19-20,38-39H2,1-3H3,(H2,40,51)(H,42,52)(H,43,53)(H,44,56)(H,45,54)(H,46,55)(H2,57,58,59)/t23-,25+,26+,27+,28+,29+,31+/m1/s1. The van der Waals surface area contributed by atoms with Gasteiger partial charge in [0.2, 0.25) is 41.4 Å². The summed E-state index contributed by atoms with van der Waals surface area (Å²) in [7, 11) is -5.13. The predicted molar refractivity (Wildman–Crippen MR) is 231 cm³/mol. The Labute approximate surface area is 377 Å². The van der Waals surface area contributed by atoms with Gasteiger partial charge in [-0.3, -0.25) is 38.1 Å². The minimum Gasteiger partial charge on any atom is -0.394 e. The number of nitrogens with zero attached hydrogens (tertiary/aromatic N) is 3. The Morgan fingerprint density at radius 2 is 1.58 bits per heavy atom. The van der Waals surface area contributed by atoms with Crippen LogP contribution in [0.4, 0.5) is 0 Å². The minimum atomic E-state index is -5.13. The van der Waals surface area contributed by atoms with Crippen LogP contribution >= 0.6 is 20.5 Å². The summed E-state index contributed by atoms with van der Waals surface area (Å²) in [6, 6.07) is -7.80. The topological polar surface area (TPSA) is 384 Å². The molecule has 7 amide bonds. The van der Waals surface area contributed by atoms with Crippen molar-refractivity contribution in [2.45, 2.75) is 108 Å². The maximum Gasteiger partial charge on any atom is 0.469 e. The quantitative estimate of drug-likeness (QED) is 0.0190. The number of amides is 7. The van der Waals surface area contributed by atoms with Crippen molar-refractivity contribution in [1.82, 2.24) is 41.0 Å². The van der Waals surface area contributed by atoms with Crippen molar-refractivity contribution in [3.8, 4) is 0 Å². The van der Waals surface area contributed by atoms with Gasteiger partial charge in [-0.15, -0.1) is 0 Å². The summed E-state index contributed by atoms with van der Waals surface area (Å²) in [5.74, 6) is -5.34. The number of imidazole rings is 1. The lowest BCUT2D eigenvalue weighted by molar-refractivity contribution is -0.140. The number of phosphoric acid groups is 1. The number of hydrogen-bond acceptors (Lipinski definition) is 16. The Bertz CT molecular complexity index is 1740. The summed E-state index contributed by atoms with van der Waals surface area (Å²) in [5, 5.41) is 22.6. The van der Waals surface area contributed by atoms with E-state index in [9.17, 15) is 53.0 Å². The van der Waals surface area contributed by atoms with E-state index >= 15 is 0 Å². The molecule has 25 nitrogen and oxygen atoms in total. The molecule has 0 saturated carbocycles. The number of thiol groups is 1. The van der Waals surface area contributed by atoms with Gasteiger partial charge in [0.15, 0.2) is 0 Å². The average Bonchev–Trinajstić information content (AvgIpc) is 3.91. The van der Waals surface area contributed by atoms with Crippen LogP contribution in [0, 0.1) is 5.92 Å². The van der Waals surface area contributed by atoms with Crippen LogP contribution in [0.5, 0.6) is 0 Å². The van der Waals surface area contributed by atoms with Crippen LogP contribution in [-0.2, 0) is 65.1 Å². The monoisotopic (exact) mass is 951 g/mol. The number of rotatable bonds is 31. The molecule has 7 atom stereocenters. The predicted octanol–water partition coefficient (Wildman–Crippen LogP) is -4.48. The molecule has 0 radical (unpaired) electrons. The molecule has 64 heavy (non-hydrogen) atoms. The molecular formula is C37H66N11O14PS. The van der Waals surface area contributed by atoms with Crippen LogP contribution < -0.4 is 43.8 Å². The first kappa shape index (κ1) is 55.9. The second-order valence-corrected chi connectivity index (χ2v) is 17.0. The van der Waals surface area contributed by atoms with Crippen molar-refractivity contribution in [1.29, 1.82) is 0 Å². The zero-order valence-corrected chi connectivity index (χ0v) is 38.2. The van der Waals surface area contributed by atoms with E-state index in [1.807, 2.05) is 13.8 Å². The van der Waals surface area contributed by atoms with Crippen molar-refractivity contribution in [3.63, 3.8) is 0 Å². The van der Waals surface area contributed by atoms with Crippen LogP contribution in [-0.4, -0.2) is 171 Å². The van der Waals surface area contributed by atoms with Gasteiger partial charge in [-0.05, 0) is 45.1 Å². The number of carbonyl (C=O) groups is 7. The molecule has 1 aliphatic heterocycles. The molecule has 1 aromatic rings. The first-order valence-corrected chi connectivity index (χ1v) is 23.0. The van der Waals surface area contributed by atoms with Gasteiger partial charge in [0.1, 0.15) is 30.2 Å². The summed E-state index contributed by atoms with van der Waals surface area (Å²) in [6.07, 6.45) is 2.66. The van der Waals surface area contributed by atoms with E-state index in [0.29, 0.717) is 44.6 Å². The van der Waals surface area contributed by atoms with E-state index in [0.717, 1.165) is 6.92 Å². The van der Waals surface area contributed by atoms with Gasteiger partial charge in [0.25, 0.3) is 0 Å². The third kappa shape index (κ3) is 19.9. The number of nitrogens with one attached hydrogen (secondary N) is 5. The molecule has 364 valence electrons. The number of aromatic nitrogens is 2. The summed E-state index contributed by atoms with van der Waals surface area (Å²) in [5.41, 5.74) is 17.1. The summed E-state index contributed by atoms with van der Waals surface area (Å²) < 4.78 is 28.5. The molecule has 2 heterocycles. The fraction of sp³-hybridized carbons (Fsp3) is 0.730. The zero-order valence-electron chi connectivity index (χ0n) is 36.4. The molecule has 1 fully saturated rings. The van der Waals surface area contributed by atoms with Crippen LogP contribution in [0.2, 0.25) is 0 Å². The van der Waals surface area contributed by atoms with Crippen molar-refractivity contribution < 1.29 is 67.0 Å². The second kappa shape index (κ2) is 28.6. The number of hydrogen-bond donors (Lipinski definition) is 12. The molecule has 27 heteroatoms. The van der Waals surface area contributed by atoms with Gasteiger partial charge < -0.3 is 77.6 Å². The molecule has 0 aliphatic carbocycles. The zero-order chi connectivity index (χ0) is 48.0. The van der Waals surface area contributed by atoms with Gasteiger partial charge in [0, 0.05) is 43.7 Å². The van der Waals surface area contributed by atoms with E-state index in [1.165, 1.54) is 17.4 Å². The van der Waals surface area contributed by atoms with Crippen molar-refractivity contribution in [3.05, 3.63) is 18.2 Å². The van der Waals surface area contributed by atoms with E-state index in [2.05, 4.69) is 48.7 Å². The molecule has 0 unspecified atom stereocenters. The molecule has 1 aromatic heterocycles. The number of primary amides is 1. The van der Waals surface area contributed by atoms with Gasteiger partial charge in [-0.2, -0.15) is 12.6 Å². The number of nitrogens with two attached hydrogens (primary N) is 3. The summed E-state index contributed by atoms with van der Waals surface area (Å²) >= 11 is 3.98. The Balaban J connectivity index is 2.16. The number of aliphatic hydroxyl groups excluding tert-OH is 1. The highest BCUT2D eigenvalue weighted by molar-refractivity contribution is 7.80. The molecule has 0 spiro atoms. The van der Waals surface area contributed by atoms with E-state index in [-0.39, 0.29) is 75.7 Å². The molecule has 0 bridgehead atoms. The first-order chi connectivity index (χ1) is 30.2. The largest absolute Gasteiger partial charge is 0.469 e. The van der Waals surface area contributed by atoms with Crippen molar-refractivity contribution in [2.24, 2.45) is 23.1 Å². The number of carbonyl (C=O) groups excluding carboxylic acids is 7. The van der Waals surface area contributed by atoms with E-state index in [1.54, 1.807) is 4.57 Å². The molecule has 14 N–H and O–H groups in total. The maximum absolute atomic E-state index is 14.1. The van der Waals surface area contributed by atoms with E-state index in [4.69, 9.17) is 26.7 Å². The third-order valence-electron chi connectivity index (χ3n) is 9.77. The van der Waals surface area contributed by atoms with E-state index < -0.39 is 86.3 Å². The van der Waals surface area contributed by atoms with Gasteiger partial charge in [-0.25, -0.2) is 9.55 Å². The molecule has 1 aliphatic rings. The Morgan fingerprint density at radius 3 is 2.19 bits per heavy atom. The molecule has 2 rings (SSSR count). The van der Waals surface area contributed by atoms with Crippen molar-refractivity contribution in [2.75, 3.05) is 58.4 Å². The number of aryl methyl sites for hydroxylation is 1. The highest BCUT2D eigenvalue weighted by Gasteiger charge is 2.38. The fourth-order valence-corrected chi connectivity index (χ4v) is 7.20. The van der Waals surface area contributed by atoms with Crippen LogP contribution in [0.3, 0.4) is 0 Å². The van der Waals surface area contributed by atoms with Crippen molar-refractivity contribution >= 4 is 61.8 Å². The lowest BCUT2D eigenvalue weighted by Crippen LogP contribution is -2.61. The van der Waals surface area contributed by atoms with Gasteiger partial charge >= 0.3 is 7.82 Å². The molecule has 0 aromatic carbocycles. The maximum atomic E-state index is 14.1. The smallest absolute Gasteiger partial charge is 0.394 e. The summed E-state index contributed by atoms with van der Waals surface area (Å²) in [4.78, 5) is 116. The van der Waals surface area contributed by atoms with Gasteiger partial charge in [0.05, 0.1) is 57.9 Å². The SMILES string of the molecule is CC(C)C[C@H](NC(=O)[C@@H]1CCCN1C(=O)CCOCCOCCNC(=O)[C@@H](N)CS)C(=O)N[C@@H](Cc1cncn1CCCN)C(=O)N[C@@H](CO)C(=O)N[C@H](C(N)=O)[C@@H](C)OP(=O)(O)O.